The maximum absolute atomic E-state index is 11.3. The molecule has 74 valence electrons. The zero-order chi connectivity index (χ0) is 10.8. The van der Waals surface area contributed by atoms with Gasteiger partial charge < -0.3 is 4.74 Å². The summed E-state index contributed by atoms with van der Waals surface area (Å²) in [5.41, 5.74) is 0.125. The van der Waals surface area contributed by atoms with Gasteiger partial charge in [0.1, 0.15) is 17.2 Å². The number of carbonyl (C=O) groups is 1. The fourth-order valence-electron chi connectivity index (χ4n) is 1.37. The topological polar surface area (TPSA) is 50.1 Å². The van der Waals surface area contributed by atoms with E-state index in [4.69, 9.17) is 10.00 Å². The SMILES string of the molecule is CC/C=C/C1=C(C#N)C(=O)OC1(C)C. The zero-order valence-corrected chi connectivity index (χ0v) is 8.63. The van der Waals surface area contributed by atoms with E-state index in [1.54, 1.807) is 19.9 Å². The summed E-state index contributed by atoms with van der Waals surface area (Å²) in [5, 5.41) is 8.80. The predicted octanol–water partition coefficient (Wildman–Crippen LogP) is 2.11. The molecule has 0 aromatic rings. The van der Waals surface area contributed by atoms with Crippen LogP contribution in [0.25, 0.3) is 0 Å². The van der Waals surface area contributed by atoms with Crippen molar-refractivity contribution in [3.63, 3.8) is 0 Å². The van der Waals surface area contributed by atoms with Crippen molar-refractivity contribution in [1.29, 1.82) is 5.26 Å². The van der Waals surface area contributed by atoms with E-state index in [1.807, 2.05) is 19.1 Å². The number of allylic oxidation sites excluding steroid dienone is 1. The molecule has 0 bridgehead atoms. The van der Waals surface area contributed by atoms with Crippen molar-refractivity contribution in [2.24, 2.45) is 0 Å². The van der Waals surface area contributed by atoms with Crippen molar-refractivity contribution in [3.8, 4) is 6.07 Å². The number of rotatable bonds is 2. The minimum absolute atomic E-state index is 0.125. The van der Waals surface area contributed by atoms with E-state index in [0.717, 1.165) is 6.42 Å². The van der Waals surface area contributed by atoms with Gasteiger partial charge in [-0.3, -0.25) is 0 Å². The van der Waals surface area contributed by atoms with E-state index >= 15 is 0 Å². The molecular formula is C11H13NO2. The average molecular weight is 191 g/mol. The van der Waals surface area contributed by atoms with Crippen LogP contribution in [0.4, 0.5) is 0 Å². The Kier molecular flexibility index (Phi) is 2.76. The first-order chi connectivity index (χ1) is 6.53. The Morgan fingerprint density at radius 1 is 1.57 bits per heavy atom. The first-order valence-electron chi connectivity index (χ1n) is 4.57. The van der Waals surface area contributed by atoms with Crippen LogP contribution in [0.2, 0.25) is 0 Å². The zero-order valence-electron chi connectivity index (χ0n) is 8.63. The molecule has 0 spiro atoms. The molecule has 3 nitrogen and oxygen atoms in total. The Labute approximate surface area is 83.7 Å². The molecular weight excluding hydrogens is 178 g/mol. The van der Waals surface area contributed by atoms with Gasteiger partial charge in [0.2, 0.25) is 0 Å². The van der Waals surface area contributed by atoms with Crippen molar-refractivity contribution >= 4 is 5.97 Å². The highest BCUT2D eigenvalue weighted by Crippen LogP contribution is 2.32. The largest absolute Gasteiger partial charge is 0.451 e. The van der Waals surface area contributed by atoms with E-state index in [2.05, 4.69) is 0 Å². The van der Waals surface area contributed by atoms with Crippen molar-refractivity contribution in [2.45, 2.75) is 32.8 Å². The molecule has 3 heteroatoms. The molecule has 14 heavy (non-hydrogen) atoms. The summed E-state index contributed by atoms with van der Waals surface area (Å²) in [6.45, 7) is 5.56. The van der Waals surface area contributed by atoms with Gasteiger partial charge in [-0.25, -0.2) is 4.79 Å². The van der Waals surface area contributed by atoms with Gasteiger partial charge in [0.15, 0.2) is 0 Å². The molecule has 0 atom stereocenters. The van der Waals surface area contributed by atoms with Crippen LogP contribution in [0, 0.1) is 11.3 Å². The fourth-order valence-corrected chi connectivity index (χ4v) is 1.37. The van der Waals surface area contributed by atoms with E-state index < -0.39 is 11.6 Å². The lowest BCUT2D eigenvalue weighted by molar-refractivity contribution is -0.144. The second kappa shape index (κ2) is 3.67. The van der Waals surface area contributed by atoms with E-state index in [9.17, 15) is 4.79 Å². The predicted molar refractivity (Wildman–Crippen MR) is 52.2 cm³/mol. The van der Waals surface area contributed by atoms with Gasteiger partial charge in [0.25, 0.3) is 0 Å². The third-order valence-corrected chi connectivity index (χ3v) is 2.10. The molecule has 1 aliphatic heterocycles. The summed E-state index contributed by atoms with van der Waals surface area (Å²) in [4.78, 5) is 11.3. The number of hydrogen-bond acceptors (Lipinski definition) is 3. The number of carbonyl (C=O) groups excluding carboxylic acids is 1. The molecule has 0 unspecified atom stereocenters. The van der Waals surface area contributed by atoms with Crippen LogP contribution in [-0.4, -0.2) is 11.6 Å². The monoisotopic (exact) mass is 191 g/mol. The fraction of sp³-hybridized carbons (Fsp3) is 0.455. The maximum atomic E-state index is 11.3. The van der Waals surface area contributed by atoms with Gasteiger partial charge in [-0.2, -0.15) is 5.26 Å². The number of ether oxygens (including phenoxy) is 1. The summed E-state index contributed by atoms with van der Waals surface area (Å²) in [7, 11) is 0. The van der Waals surface area contributed by atoms with Gasteiger partial charge in [0, 0.05) is 5.57 Å². The lowest BCUT2D eigenvalue weighted by atomic mass is 9.95. The third-order valence-electron chi connectivity index (χ3n) is 2.10. The number of esters is 1. The lowest BCUT2D eigenvalue weighted by Gasteiger charge is -2.18. The maximum Gasteiger partial charge on any atom is 0.350 e. The molecule has 0 aromatic heterocycles. The highest BCUT2D eigenvalue weighted by atomic mass is 16.6. The van der Waals surface area contributed by atoms with Crippen molar-refractivity contribution in [2.75, 3.05) is 0 Å². The molecule has 1 heterocycles. The van der Waals surface area contributed by atoms with Crippen LogP contribution in [0.5, 0.6) is 0 Å². The molecule has 0 saturated carbocycles. The number of hydrogen-bond donors (Lipinski definition) is 0. The van der Waals surface area contributed by atoms with Gasteiger partial charge in [-0.05, 0) is 20.3 Å². The average Bonchev–Trinajstić information content (AvgIpc) is 2.31. The van der Waals surface area contributed by atoms with Gasteiger partial charge in [-0.1, -0.05) is 19.1 Å². The van der Waals surface area contributed by atoms with Gasteiger partial charge in [0.05, 0.1) is 0 Å². The van der Waals surface area contributed by atoms with Crippen molar-refractivity contribution < 1.29 is 9.53 Å². The number of cyclic esters (lactones) is 1. The highest BCUT2D eigenvalue weighted by molar-refractivity contribution is 5.97. The first-order valence-corrected chi connectivity index (χ1v) is 4.57. The lowest BCUT2D eigenvalue weighted by Crippen LogP contribution is -2.22. The molecule has 0 N–H and O–H groups in total. The van der Waals surface area contributed by atoms with Crippen LogP contribution in [0.1, 0.15) is 27.2 Å². The second-order valence-corrected chi connectivity index (χ2v) is 3.61. The van der Waals surface area contributed by atoms with Crippen LogP contribution in [-0.2, 0) is 9.53 Å². The smallest absolute Gasteiger partial charge is 0.350 e. The Bertz CT molecular complexity index is 356. The van der Waals surface area contributed by atoms with E-state index in [0.29, 0.717) is 5.57 Å². The molecule has 0 fully saturated rings. The Morgan fingerprint density at radius 3 is 2.71 bits per heavy atom. The molecule has 0 aliphatic carbocycles. The Hall–Kier alpha value is -1.56. The third kappa shape index (κ3) is 1.69. The quantitative estimate of drug-likeness (QED) is 0.628. The van der Waals surface area contributed by atoms with Crippen molar-refractivity contribution in [1.82, 2.24) is 0 Å². The van der Waals surface area contributed by atoms with E-state index in [1.165, 1.54) is 0 Å². The normalized spacial score (nSPS) is 20.0. The number of nitriles is 1. The van der Waals surface area contributed by atoms with Crippen molar-refractivity contribution in [3.05, 3.63) is 23.3 Å². The summed E-state index contributed by atoms with van der Waals surface area (Å²) in [6, 6.07) is 1.88. The summed E-state index contributed by atoms with van der Waals surface area (Å²) in [6.07, 6.45) is 4.58. The minimum atomic E-state index is -0.673. The second-order valence-electron chi connectivity index (χ2n) is 3.61. The molecule has 1 rings (SSSR count). The molecule has 1 aliphatic rings. The molecule has 0 saturated heterocycles. The number of nitrogens with zero attached hydrogens (tertiary/aromatic N) is 1. The highest BCUT2D eigenvalue weighted by Gasteiger charge is 2.38. The molecule has 0 amide bonds. The molecule has 0 aromatic carbocycles. The van der Waals surface area contributed by atoms with Crippen LogP contribution in [0.3, 0.4) is 0 Å². The first kappa shape index (κ1) is 10.5. The van der Waals surface area contributed by atoms with Gasteiger partial charge >= 0.3 is 5.97 Å². The van der Waals surface area contributed by atoms with E-state index in [-0.39, 0.29) is 5.57 Å². The minimum Gasteiger partial charge on any atom is -0.451 e. The summed E-state index contributed by atoms with van der Waals surface area (Å²) in [5.74, 6) is -0.520. The summed E-state index contributed by atoms with van der Waals surface area (Å²) < 4.78 is 5.08. The van der Waals surface area contributed by atoms with Gasteiger partial charge in [-0.15, -0.1) is 0 Å². The molecule has 0 radical (unpaired) electrons. The van der Waals surface area contributed by atoms with Crippen LogP contribution >= 0.6 is 0 Å². The van der Waals surface area contributed by atoms with Crippen LogP contribution in [0.15, 0.2) is 23.3 Å². The van der Waals surface area contributed by atoms with Crippen LogP contribution < -0.4 is 0 Å². The Balaban J connectivity index is 3.17. The summed E-state index contributed by atoms with van der Waals surface area (Å²) >= 11 is 0. The standard InChI is InChI=1S/C11H13NO2/c1-4-5-6-9-8(7-12)10(13)14-11(9,2)3/h5-6H,4H2,1-3H3/b6-5+. The Morgan fingerprint density at radius 2 is 2.21 bits per heavy atom.